The summed E-state index contributed by atoms with van der Waals surface area (Å²) in [4.78, 5) is 9.27. The smallest absolute Gasteiger partial charge is 0.184 e. The molecule has 0 bridgehead atoms. The number of aliphatic hydroxyl groups excluding tert-OH is 2. The SMILES string of the molecule is CN1NN=C(c2ccc3c(c2)ncn3Cc2ccc3nc(N[C@@H]4CCC[C@@H](O)[C@H]4O)sc3c2)N1. The van der Waals surface area contributed by atoms with Gasteiger partial charge in [0.15, 0.2) is 11.0 Å². The maximum atomic E-state index is 10.3. The summed E-state index contributed by atoms with van der Waals surface area (Å²) < 4.78 is 3.22. The lowest BCUT2D eigenvalue weighted by Crippen LogP contribution is -2.45. The molecule has 0 unspecified atom stereocenters. The van der Waals surface area contributed by atoms with E-state index in [-0.39, 0.29) is 6.04 Å². The van der Waals surface area contributed by atoms with Gasteiger partial charge in [0.2, 0.25) is 0 Å². The lowest BCUT2D eigenvalue weighted by Gasteiger charge is -2.32. The molecule has 1 aliphatic carbocycles. The zero-order valence-corrected chi connectivity index (χ0v) is 19.5. The standard InChI is InChI=1S/C23H26N8O2S/c1-30-28-22(27-29-30)14-6-8-18-17(10-14)24-12-31(18)11-13-5-7-15-20(9-13)34-23(25-15)26-16-3-2-4-19(32)21(16)33/h5-10,12,16,19,21,29,32-33H,2-4,11H2,1H3,(H,25,26)(H,27,28)/t16-,19-,21+/m1/s1. The van der Waals surface area contributed by atoms with Crippen molar-refractivity contribution in [3.8, 4) is 0 Å². The van der Waals surface area contributed by atoms with Gasteiger partial charge in [0, 0.05) is 19.2 Å². The zero-order valence-electron chi connectivity index (χ0n) is 18.6. The Kier molecular flexibility index (Phi) is 5.33. The van der Waals surface area contributed by atoms with E-state index in [9.17, 15) is 10.2 Å². The van der Waals surface area contributed by atoms with Crippen molar-refractivity contribution in [2.24, 2.45) is 5.10 Å². The number of thiazole rings is 1. The molecule has 5 N–H and O–H groups in total. The molecular weight excluding hydrogens is 452 g/mol. The normalized spacial score (nSPS) is 23.1. The minimum atomic E-state index is -0.764. The van der Waals surface area contributed by atoms with Crippen LogP contribution in [0.1, 0.15) is 30.4 Å². The molecule has 1 fully saturated rings. The van der Waals surface area contributed by atoms with Crippen LogP contribution in [0, 0.1) is 0 Å². The van der Waals surface area contributed by atoms with Crippen LogP contribution in [0.4, 0.5) is 5.13 Å². The quantitative estimate of drug-likeness (QED) is 0.295. The Balaban J connectivity index is 1.21. The number of aromatic nitrogens is 3. The molecule has 2 aromatic carbocycles. The molecular formula is C23H26N8O2S. The topological polar surface area (TPSA) is 123 Å². The van der Waals surface area contributed by atoms with Gasteiger partial charge < -0.3 is 20.1 Å². The van der Waals surface area contributed by atoms with E-state index < -0.39 is 12.2 Å². The van der Waals surface area contributed by atoms with Crippen LogP contribution in [0.2, 0.25) is 0 Å². The van der Waals surface area contributed by atoms with E-state index in [1.165, 1.54) is 0 Å². The fourth-order valence-corrected chi connectivity index (χ4v) is 5.59. The first-order chi connectivity index (χ1) is 16.5. The van der Waals surface area contributed by atoms with Crippen molar-refractivity contribution in [3.05, 3.63) is 53.9 Å². The molecule has 1 saturated carbocycles. The van der Waals surface area contributed by atoms with Gasteiger partial charge in [-0.25, -0.2) is 15.5 Å². The average molecular weight is 479 g/mol. The predicted octanol–water partition coefficient (Wildman–Crippen LogP) is 2.00. The molecule has 3 atom stereocenters. The Hall–Kier alpha value is -3.25. The molecule has 0 radical (unpaired) electrons. The molecule has 2 aliphatic rings. The van der Waals surface area contributed by atoms with Gasteiger partial charge in [-0.2, -0.15) is 0 Å². The summed E-state index contributed by atoms with van der Waals surface area (Å²) in [6.07, 6.45) is 2.79. The third-order valence-electron chi connectivity index (χ3n) is 6.42. The van der Waals surface area contributed by atoms with E-state index >= 15 is 0 Å². The molecule has 176 valence electrons. The van der Waals surface area contributed by atoms with Crippen molar-refractivity contribution in [3.63, 3.8) is 0 Å². The van der Waals surface area contributed by atoms with Crippen molar-refractivity contribution >= 4 is 43.6 Å². The van der Waals surface area contributed by atoms with Gasteiger partial charge >= 0.3 is 0 Å². The van der Waals surface area contributed by atoms with Gasteiger partial charge in [0.1, 0.15) is 0 Å². The number of hydrogen-bond acceptors (Lipinski definition) is 10. The highest BCUT2D eigenvalue weighted by molar-refractivity contribution is 7.22. The van der Waals surface area contributed by atoms with Crippen LogP contribution in [-0.4, -0.2) is 61.0 Å². The number of imidazole rings is 1. The van der Waals surface area contributed by atoms with Crippen LogP contribution in [0.5, 0.6) is 0 Å². The van der Waals surface area contributed by atoms with E-state index in [0.29, 0.717) is 13.0 Å². The Morgan fingerprint density at radius 1 is 1.15 bits per heavy atom. The van der Waals surface area contributed by atoms with Gasteiger partial charge in [0.25, 0.3) is 0 Å². The highest BCUT2D eigenvalue weighted by Crippen LogP contribution is 2.30. The molecule has 3 heterocycles. The summed E-state index contributed by atoms with van der Waals surface area (Å²) >= 11 is 1.57. The van der Waals surface area contributed by atoms with Crippen LogP contribution in [0.25, 0.3) is 21.3 Å². The second kappa shape index (κ2) is 8.51. The first-order valence-electron chi connectivity index (χ1n) is 11.3. The summed E-state index contributed by atoms with van der Waals surface area (Å²) in [5, 5.41) is 30.3. The second-order valence-electron chi connectivity index (χ2n) is 8.87. The van der Waals surface area contributed by atoms with E-state index in [4.69, 9.17) is 0 Å². The van der Waals surface area contributed by atoms with Crippen LogP contribution in [-0.2, 0) is 6.54 Å². The summed E-state index contributed by atoms with van der Waals surface area (Å²) in [6, 6.07) is 12.2. The molecule has 2 aromatic heterocycles. The van der Waals surface area contributed by atoms with Crippen molar-refractivity contribution in [2.45, 2.75) is 44.1 Å². The molecule has 10 nitrogen and oxygen atoms in total. The first kappa shape index (κ1) is 21.3. The van der Waals surface area contributed by atoms with E-state index in [1.54, 1.807) is 16.5 Å². The molecule has 4 aromatic rings. The van der Waals surface area contributed by atoms with Gasteiger partial charge in [-0.15, -0.1) is 10.2 Å². The van der Waals surface area contributed by atoms with Gasteiger partial charge in [-0.1, -0.05) is 17.4 Å². The van der Waals surface area contributed by atoms with E-state index in [0.717, 1.165) is 56.2 Å². The number of benzene rings is 2. The Labute approximate surface area is 199 Å². The third kappa shape index (κ3) is 3.96. The summed E-state index contributed by atoms with van der Waals surface area (Å²) in [5.74, 6) is 0.759. The largest absolute Gasteiger partial charge is 0.390 e. The fraction of sp³-hybridized carbons (Fsp3) is 0.348. The van der Waals surface area contributed by atoms with Crippen LogP contribution >= 0.6 is 11.3 Å². The summed E-state index contributed by atoms with van der Waals surface area (Å²) in [6.45, 7) is 0.698. The van der Waals surface area contributed by atoms with Gasteiger partial charge in [0.05, 0.1) is 45.8 Å². The highest BCUT2D eigenvalue weighted by Gasteiger charge is 2.30. The molecule has 6 rings (SSSR count). The molecule has 11 heteroatoms. The minimum absolute atomic E-state index is 0.174. The van der Waals surface area contributed by atoms with Gasteiger partial charge in [-0.3, -0.25) is 5.43 Å². The maximum absolute atomic E-state index is 10.3. The van der Waals surface area contributed by atoms with E-state index in [2.05, 4.69) is 54.1 Å². The molecule has 0 amide bonds. The number of hydrazone groups is 1. The lowest BCUT2D eigenvalue weighted by atomic mass is 9.90. The summed E-state index contributed by atoms with van der Waals surface area (Å²) in [7, 11) is 1.85. The first-order valence-corrected chi connectivity index (χ1v) is 12.2. The van der Waals surface area contributed by atoms with Crippen molar-refractivity contribution in [1.29, 1.82) is 0 Å². The van der Waals surface area contributed by atoms with Crippen LogP contribution in [0.15, 0.2) is 47.8 Å². The number of hydrogen-bond donors (Lipinski definition) is 5. The van der Waals surface area contributed by atoms with Crippen LogP contribution in [0.3, 0.4) is 0 Å². The Morgan fingerprint density at radius 2 is 2.06 bits per heavy atom. The highest BCUT2D eigenvalue weighted by atomic mass is 32.1. The number of anilines is 1. The Bertz CT molecular complexity index is 1380. The maximum Gasteiger partial charge on any atom is 0.184 e. The average Bonchev–Trinajstić information content (AvgIpc) is 3.55. The minimum Gasteiger partial charge on any atom is -0.390 e. The number of amidine groups is 1. The third-order valence-corrected chi connectivity index (χ3v) is 7.37. The molecule has 0 saturated heterocycles. The number of hydrazine groups is 2. The second-order valence-corrected chi connectivity index (χ2v) is 9.90. The summed E-state index contributed by atoms with van der Waals surface area (Å²) in [5.41, 5.74) is 11.0. The van der Waals surface area contributed by atoms with Crippen molar-refractivity contribution < 1.29 is 10.2 Å². The van der Waals surface area contributed by atoms with Gasteiger partial charge in [-0.05, 0) is 55.2 Å². The molecule has 34 heavy (non-hydrogen) atoms. The predicted molar refractivity (Wildman–Crippen MR) is 132 cm³/mol. The fourth-order valence-electron chi connectivity index (χ4n) is 4.60. The monoisotopic (exact) mass is 478 g/mol. The zero-order chi connectivity index (χ0) is 23.2. The number of fused-ring (bicyclic) bond motifs is 2. The Morgan fingerprint density at radius 3 is 2.91 bits per heavy atom. The van der Waals surface area contributed by atoms with Crippen LogP contribution < -0.4 is 16.3 Å². The van der Waals surface area contributed by atoms with Crippen molar-refractivity contribution in [2.75, 3.05) is 12.4 Å². The molecule has 0 spiro atoms. The lowest BCUT2D eigenvalue weighted by molar-refractivity contribution is -0.0161. The molecule has 1 aliphatic heterocycles. The number of nitrogens with one attached hydrogen (secondary N) is 3. The number of rotatable bonds is 5. The van der Waals surface area contributed by atoms with Crippen molar-refractivity contribution in [1.82, 2.24) is 30.6 Å². The number of aliphatic hydroxyl groups is 2. The number of nitrogens with zero attached hydrogens (tertiary/aromatic N) is 5. The van der Waals surface area contributed by atoms with E-state index in [1.807, 2.05) is 31.6 Å².